The largest absolute Gasteiger partial charge is 0.497 e. The van der Waals surface area contributed by atoms with E-state index in [1.807, 2.05) is 68.4 Å². The molecule has 2 aromatic rings. The van der Waals surface area contributed by atoms with Crippen LogP contribution in [0.15, 0.2) is 54.6 Å². The number of sulfone groups is 1. The average molecular weight is 647 g/mol. The van der Waals surface area contributed by atoms with Crippen molar-refractivity contribution in [2.75, 3.05) is 26.5 Å². The quantitative estimate of drug-likeness (QED) is 0.149. The highest BCUT2D eigenvalue weighted by molar-refractivity contribution is 7.92. The zero-order valence-electron chi connectivity index (χ0n) is 26.9. The number of benzene rings is 2. The lowest BCUT2D eigenvalue weighted by molar-refractivity contribution is -0.153. The van der Waals surface area contributed by atoms with Crippen LogP contribution in [0.1, 0.15) is 63.5 Å². The van der Waals surface area contributed by atoms with Crippen molar-refractivity contribution in [1.82, 2.24) is 16.0 Å². The smallest absolute Gasteiger partial charge is 0.330 e. The molecule has 0 saturated carbocycles. The number of amides is 2. The Morgan fingerprint density at radius 2 is 1.56 bits per heavy atom. The van der Waals surface area contributed by atoms with E-state index >= 15 is 0 Å². The van der Waals surface area contributed by atoms with Crippen molar-refractivity contribution in [3.8, 4) is 5.75 Å². The molecule has 12 heteroatoms. The second-order valence-electron chi connectivity index (χ2n) is 11.1. The molecule has 2 amide bonds. The molecule has 2 rings (SSSR count). The van der Waals surface area contributed by atoms with Gasteiger partial charge in [-0.3, -0.25) is 9.59 Å². The van der Waals surface area contributed by atoms with E-state index in [0.29, 0.717) is 44.4 Å². The first-order chi connectivity index (χ1) is 21.5. The summed E-state index contributed by atoms with van der Waals surface area (Å²) in [6.07, 6.45) is 1.44. The summed E-state index contributed by atoms with van der Waals surface area (Å²) in [7, 11) is -0.748. The molecule has 2 aromatic carbocycles. The Morgan fingerprint density at radius 1 is 0.911 bits per heavy atom. The molecule has 0 bridgehead atoms. The average Bonchev–Trinajstić information content (AvgIpc) is 3.03. The zero-order valence-corrected chi connectivity index (χ0v) is 27.7. The predicted octanol–water partition coefficient (Wildman–Crippen LogP) is 2.66. The molecule has 11 nitrogen and oxygen atoms in total. The number of nitrogens with two attached hydrogens (primary N) is 1. The molecule has 0 aliphatic heterocycles. The summed E-state index contributed by atoms with van der Waals surface area (Å²) in [5, 5.41) is 7.61. The highest BCUT2D eigenvalue weighted by Crippen LogP contribution is 2.18. The number of nitrogens with one attached hydrogen (secondary N) is 3. The lowest BCUT2D eigenvalue weighted by Crippen LogP contribution is -2.52. The van der Waals surface area contributed by atoms with Gasteiger partial charge in [-0.25, -0.2) is 13.2 Å². The Labute approximate surface area is 267 Å². The third-order valence-electron chi connectivity index (χ3n) is 7.47. The Bertz CT molecular complexity index is 1300. The standard InChI is InChI=1S/C33H50N4O7S/c1-5-11-27(12-6-2)45(41,42)23-29(37-32(39)18-17-31(38)35-3)33(40)44-30(28(34)20-24-13-8-7-9-14-24)22-36-21-25-15-10-16-26(19-25)43-4/h7-10,13-16,19,27-30,36H,5-6,11-12,17-18,20-23,34H2,1-4H3,(H,35,38)(H,37,39)/t28-,29?,30+/m0/s1. The summed E-state index contributed by atoms with van der Waals surface area (Å²) in [5.41, 5.74) is 8.48. The summed E-state index contributed by atoms with van der Waals surface area (Å²) in [4.78, 5) is 38.2. The molecule has 0 spiro atoms. The molecule has 0 aliphatic rings. The summed E-state index contributed by atoms with van der Waals surface area (Å²) in [6.45, 7) is 4.42. The SMILES string of the molecule is CCCC(CCC)S(=O)(=O)CC(NC(=O)CCC(=O)NC)C(=O)O[C@H](CNCc1cccc(OC)c1)[C@@H](N)Cc1ccccc1. The predicted molar refractivity (Wildman–Crippen MR) is 175 cm³/mol. The summed E-state index contributed by atoms with van der Waals surface area (Å²) >= 11 is 0. The zero-order chi connectivity index (χ0) is 33.2. The van der Waals surface area contributed by atoms with E-state index < -0.39 is 50.9 Å². The molecule has 1 unspecified atom stereocenters. The molecule has 0 aliphatic carbocycles. The van der Waals surface area contributed by atoms with Crippen LogP contribution in [0.25, 0.3) is 0 Å². The minimum atomic E-state index is -3.79. The van der Waals surface area contributed by atoms with Crippen LogP contribution in [0.4, 0.5) is 0 Å². The maximum atomic E-state index is 13.7. The van der Waals surface area contributed by atoms with Crippen LogP contribution in [0.5, 0.6) is 5.75 Å². The number of methoxy groups -OCH3 is 1. The van der Waals surface area contributed by atoms with Crippen molar-refractivity contribution >= 4 is 27.6 Å². The van der Waals surface area contributed by atoms with E-state index in [1.165, 1.54) is 7.05 Å². The van der Waals surface area contributed by atoms with E-state index in [9.17, 15) is 22.8 Å². The maximum Gasteiger partial charge on any atom is 0.330 e. The molecular weight excluding hydrogens is 596 g/mol. The third kappa shape index (κ3) is 13.6. The molecule has 45 heavy (non-hydrogen) atoms. The third-order valence-corrected chi connectivity index (χ3v) is 9.76. The van der Waals surface area contributed by atoms with Crippen molar-refractivity contribution in [2.45, 2.75) is 88.8 Å². The second kappa shape index (κ2) is 19.8. The highest BCUT2D eigenvalue weighted by Gasteiger charge is 2.35. The lowest BCUT2D eigenvalue weighted by atomic mass is 10.0. The van der Waals surface area contributed by atoms with Crippen LogP contribution in [-0.2, 0) is 41.9 Å². The van der Waals surface area contributed by atoms with Crippen LogP contribution in [0.2, 0.25) is 0 Å². The van der Waals surface area contributed by atoms with E-state index in [1.54, 1.807) is 7.11 Å². The van der Waals surface area contributed by atoms with E-state index in [0.717, 1.165) is 11.1 Å². The Kier molecular flexibility index (Phi) is 16.6. The van der Waals surface area contributed by atoms with Crippen molar-refractivity contribution in [1.29, 1.82) is 0 Å². The van der Waals surface area contributed by atoms with Crippen molar-refractivity contribution in [3.05, 3.63) is 65.7 Å². The lowest BCUT2D eigenvalue weighted by Gasteiger charge is -2.28. The fourth-order valence-electron chi connectivity index (χ4n) is 4.97. The number of hydrogen-bond donors (Lipinski definition) is 4. The molecule has 3 atom stereocenters. The first-order valence-electron chi connectivity index (χ1n) is 15.6. The van der Waals surface area contributed by atoms with Crippen LogP contribution in [-0.4, -0.2) is 76.1 Å². The Morgan fingerprint density at radius 3 is 2.18 bits per heavy atom. The number of carbonyl (C=O) groups excluding carboxylic acids is 3. The Hall–Kier alpha value is -3.48. The maximum absolute atomic E-state index is 13.7. The minimum Gasteiger partial charge on any atom is -0.497 e. The van der Waals surface area contributed by atoms with Gasteiger partial charge in [0.1, 0.15) is 17.9 Å². The van der Waals surface area contributed by atoms with Gasteiger partial charge in [0.15, 0.2) is 9.84 Å². The molecule has 0 aromatic heterocycles. The number of esters is 1. The fraction of sp³-hybridized carbons (Fsp3) is 0.545. The first-order valence-corrected chi connectivity index (χ1v) is 17.3. The van der Waals surface area contributed by atoms with Crippen molar-refractivity contribution in [2.24, 2.45) is 5.73 Å². The number of rotatable bonds is 21. The number of carbonyl (C=O) groups is 3. The second-order valence-corrected chi connectivity index (χ2v) is 13.5. The van der Waals surface area contributed by atoms with Gasteiger partial charge in [0, 0.05) is 39.0 Å². The van der Waals surface area contributed by atoms with Crippen LogP contribution in [0, 0.1) is 0 Å². The summed E-state index contributed by atoms with van der Waals surface area (Å²) in [5.74, 6) is -1.77. The molecule has 0 fully saturated rings. The van der Waals surface area contributed by atoms with Gasteiger partial charge in [0.05, 0.1) is 18.1 Å². The molecule has 5 N–H and O–H groups in total. The summed E-state index contributed by atoms with van der Waals surface area (Å²) in [6, 6.07) is 14.9. The van der Waals surface area contributed by atoms with Crippen molar-refractivity contribution in [3.63, 3.8) is 0 Å². The van der Waals surface area contributed by atoms with Crippen LogP contribution < -0.4 is 26.4 Å². The van der Waals surface area contributed by atoms with Gasteiger partial charge in [0.2, 0.25) is 11.8 Å². The van der Waals surface area contributed by atoms with Gasteiger partial charge in [-0.1, -0.05) is 69.2 Å². The van der Waals surface area contributed by atoms with Gasteiger partial charge >= 0.3 is 5.97 Å². The highest BCUT2D eigenvalue weighted by atomic mass is 32.2. The number of ether oxygens (including phenoxy) is 2. The van der Waals surface area contributed by atoms with E-state index in [2.05, 4.69) is 16.0 Å². The first kappa shape index (κ1) is 37.7. The van der Waals surface area contributed by atoms with Crippen molar-refractivity contribution < 1.29 is 32.3 Å². The van der Waals surface area contributed by atoms with Gasteiger partial charge in [-0.05, 0) is 42.5 Å². The van der Waals surface area contributed by atoms with Crippen LogP contribution >= 0.6 is 0 Å². The Balaban J connectivity index is 2.29. The van der Waals surface area contributed by atoms with Gasteiger partial charge in [0.25, 0.3) is 0 Å². The fourth-order valence-corrected chi connectivity index (χ4v) is 7.12. The normalized spacial score (nSPS) is 13.5. The molecule has 0 radical (unpaired) electrons. The van der Waals surface area contributed by atoms with Gasteiger partial charge < -0.3 is 31.2 Å². The molecule has 0 heterocycles. The van der Waals surface area contributed by atoms with E-state index in [4.69, 9.17) is 15.2 Å². The van der Waals surface area contributed by atoms with Crippen LogP contribution in [0.3, 0.4) is 0 Å². The number of hydrogen-bond acceptors (Lipinski definition) is 9. The topological polar surface area (TPSA) is 166 Å². The molecule has 0 saturated heterocycles. The molecule has 250 valence electrons. The monoisotopic (exact) mass is 646 g/mol. The summed E-state index contributed by atoms with van der Waals surface area (Å²) < 4.78 is 38.2. The molecular formula is C33H50N4O7S. The van der Waals surface area contributed by atoms with E-state index in [-0.39, 0.29) is 25.3 Å². The van der Waals surface area contributed by atoms with Gasteiger partial charge in [-0.2, -0.15) is 0 Å². The van der Waals surface area contributed by atoms with Gasteiger partial charge in [-0.15, -0.1) is 0 Å². The minimum absolute atomic E-state index is 0.107.